The molecule has 1 aromatic carbocycles. The third-order valence-corrected chi connectivity index (χ3v) is 5.98. The summed E-state index contributed by atoms with van der Waals surface area (Å²) in [5.74, 6) is -0.266. The van der Waals surface area contributed by atoms with Crippen LogP contribution in [-0.4, -0.2) is 38.1 Å². The number of nitrogens with zero attached hydrogens (tertiary/aromatic N) is 2. The summed E-state index contributed by atoms with van der Waals surface area (Å²) in [6.45, 7) is 1.93. The summed E-state index contributed by atoms with van der Waals surface area (Å²) in [4.78, 5) is 17.3. The largest absolute Gasteiger partial charge is 0.387 e. The summed E-state index contributed by atoms with van der Waals surface area (Å²) in [7, 11) is 1.98. The number of aromatic amines is 1. The van der Waals surface area contributed by atoms with Gasteiger partial charge in [-0.1, -0.05) is 23.2 Å². The monoisotopic (exact) mass is 391 g/mol. The molecule has 0 fully saturated rings. The van der Waals surface area contributed by atoms with Crippen LogP contribution >= 0.6 is 23.2 Å². The minimum atomic E-state index is -0.487. The molecule has 2 aromatic heterocycles. The maximum absolute atomic E-state index is 12.1. The Labute approximate surface area is 161 Å². The molecule has 136 valence electrons. The minimum absolute atomic E-state index is 0.00273. The first-order valence-electron chi connectivity index (χ1n) is 8.45. The predicted octanol–water partition coefficient (Wildman–Crippen LogP) is 3.75. The number of halogens is 2. The second-order valence-electron chi connectivity index (χ2n) is 6.79. The van der Waals surface area contributed by atoms with Gasteiger partial charge in [0.15, 0.2) is 0 Å². The van der Waals surface area contributed by atoms with Crippen LogP contribution in [0.1, 0.15) is 18.2 Å². The number of benzene rings is 1. The van der Waals surface area contributed by atoms with Gasteiger partial charge >= 0.3 is 0 Å². The molecule has 7 heteroatoms. The van der Waals surface area contributed by atoms with E-state index in [0.29, 0.717) is 23.0 Å². The van der Waals surface area contributed by atoms with Crippen LogP contribution in [-0.2, 0) is 24.8 Å². The van der Waals surface area contributed by atoms with Gasteiger partial charge in [-0.05, 0) is 25.1 Å². The first-order chi connectivity index (χ1) is 12.4. The molecule has 4 rings (SSSR count). The van der Waals surface area contributed by atoms with Crippen molar-refractivity contribution >= 4 is 40.0 Å². The highest BCUT2D eigenvalue weighted by Crippen LogP contribution is 2.42. The van der Waals surface area contributed by atoms with Crippen molar-refractivity contribution < 1.29 is 9.90 Å². The van der Waals surface area contributed by atoms with Crippen LogP contribution in [0.5, 0.6) is 0 Å². The average Bonchev–Trinajstić information content (AvgIpc) is 3.20. The Hall–Kier alpha value is -1.95. The maximum Gasteiger partial charge on any atom is 0.248 e. The molecule has 2 N–H and O–H groups in total. The zero-order chi connectivity index (χ0) is 18.6. The Balaban J connectivity index is 1.99. The van der Waals surface area contributed by atoms with E-state index in [4.69, 9.17) is 23.2 Å². The number of carbonyl (C=O) groups is 1. The summed E-state index contributed by atoms with van der Waals surface area (Å²) < 4.78 is 2.03. The van der Waals surface area contributed by atoms with E-state index in [0.717, 1.165) is 33.4 Å². The molecular weight excluding hydrogens is 373 g/mol. The Bertz CT molecular complexity index is 1020. The van der Waals surface area contributed by atoms with E-state index in [1.807, 2.05) is 42.9 Å². The molecule has 1 atom stereocenters. The summed E-state index contributed by atoms with van der Waals surface area (Å²) >= 11 is 12.9. The van der Waals surface area contributed by atoms with Gasteiger partial charge in [0.2, 0.25) is 5.91 Å². The normalized spacial score (nSPS) is 17.0. The molecule has 0 spiro atoms. The molecule has 3 heterocycles. The van der Waals surface area contributed by atoms with E-state index in [-0.39, 0.29) is 11.9 Å². The summed E-state index contributed by atoms with van der Waals surface area (Å²) in [5, 5.41) is 11.3. The lowest BCUT2D eigenvalue weighted by atomic mass is 9.96. The lowest BCUT2D eigenvalue weighted by Gasteiger charge is -2.33. The number of aliphatic hydroxyl groups excluding tert-OH is 1. The highest BCUT2D eigenvalue weighted by atomic mass is 35.5. The molecule has 1 aliphatic rings. The smallest absolute Gasteiger partial charge is 0.248 e. The van der Waals surface area contributed by atoms with E-state index in [9.17, 15) is 9.90 Å². The van der Waals surface area contributed by atoms with Crippen LogP contribution in [0.3, 0.4) is 0 Å². The van der Waals surface area contributed by atoms with Crippen LogP contribution in [0.15, 0.2) is 24.4 Å². The number of aliphatic hydroxyl groups is 1. The lowest BCUT2D eigenvalue weighted by molar-refractivity contribution is -0.137. The van der Waals surface area contributed by atoms with Crippen molar-refractivity contribution in [1.29, 1.82) is 0 Å². The number of carbonyl (C=O) groups excluding carboxylic acids is 1. The SMILES string of the molecule is C[C@@H]1Cc2[nH]c3c(Cl)c(Cl)cc(-c4cccn4C)c3c2CN1C(=O)CO. The molecule has 0 radical (unpaired) electrons. The standard InChI is InChI=1S/C19H19Cl2N3O2/c1-10-6-14-12(8-24(10)16(26)9-25)17-11(15-4-3-5-23(15)2)7-13(20)18(21)19(17)22-14/h3-5,7,10,22,25H,6,8-9H2,1-2H3/t10-/m1/s1. The number of fused-ring (bicyclic) bond motifs is 3. The predicted molar refractivity (Wildman–Crippen MR) is 104 cm³/mol. The van der Waals surface area contributed by atoms with Gasteiger partial charge in [0.1, 0.15) is 6.61 Å². The van der Waals surface area contributed by atoms with Gasteiger partial charge < -0.3 is 19.6 Å². The van der Waals surface area contributed by atoms with Crippen LogP contribution in [0, 0.1) is 0 Å². The second kappa shape index (κ2) is 6.34. The van der Waals surface area contributed by atoms with E-state index in [1.165, 1.54) is 0 Å². The van der Waals surface area contributed by atoms with Gasteiger partial charge in [-0.15, -0.1) is 0 Å². The van der Waals surface area contributed by atoms with Crippen LogP contribution in [0.4, 0.5) is 0 Å². The number of nitrogens with one attached hydrogen (secondary N) is 1. The molecule has 0 saturated carbocycles. The molecule has 0 bridgehead atoms. The van der Waals surface area contributed by atoms with Crippen molar-refractivity contribution in [1.82, 2.24) is 14.5 Å². The molecule has 1 amide bonds. The van der Waals surface area contributed by atoms with Crippen molar-refractivity contribution in [2.24, 2.45) is 7.05 Å². The number of hydrogen-bond acceptors (Lipinski definition) is 2. The summed E-state index contributed by atoms with van der Waals surface area (Å²) in [5.41, 5.74) is 4.90. The summed E-state index contributed by atoms with van der Waals surface area (Å²) in [6, 6.07) is 5.89. The molecule has 1 aliphatic heterocycles. The lowest BCUT2D eigenvalue weighted by Crippen LogP contribution is -2.43. The number of H-pyrrole nitrogens is 1. The minimum Gasteiger partial charge on any atom is -0.387 e. The molecule has 5 nitrogen and oxygen atoms in total. The highest BCUT2D eigenvalue weighted by molar-refractivity contribution is 6.45. The Kier molecular flexibility index (Phi) is 4.26. The first kappa shape index (κ1) is 17.5. The molecule has 0 aliphatic carbocycles. The molecule has 26 heavy (non-hydrogen) atoms. The number of hydrogen-bond donors (Lipinski definition) is 2. The quantitative estimate of drug-likeness (QED) is 0.698. The maximum atomic E-state index is 12.1. The van der Waals surface area contributed by atoms with Gasteiger partial charge in [0, 0.05) is 60.2 Å². The van der Waals surface area contributed by atoms with Gasteiger partial charge in [-0.2, -0.15) is 0 Å². The van der Waals surface area contributed by atoms with Crippen LogP contribution < -0.4 is 0 Å². The van der Waals surface area contributed by atoms with Gasteiger partial charge in [0.05, 0.1) is 15.6 Å². The molecule has 0 unspecified atom stereocenters. The van der Waals surface area contributed by atoms with Crippen molar-refractivity contribution in [3.63, 3.8) is 0 Å². The number of aryl methyl sites for hydroxylation is 1. The van der Waals surface area contributed by atoms with Crippen molar-refractivity contribution in [3.8, 4) is 11.3 Å². The Morgan fingerprint density at radius 2 is 2.19 bits per heavy atom. The fraction of sp³-hybridized carbons (Fsp3) is 0.316. The highest BCUT2D eigenvalue weighted by Gasteiger charge is 2.31. The zero-order valence-corrected chi connectivity index (χ0v) is 16.0. The van der Waals surface area contributed by atoms with E-state index >= 15 is 0 Å². The van der Waals surface area contributed by atoms with Gasteiger partial charge in [-0.25, -0.2) is 0 Å². The number of rotatable bonds is 2. The fourth-order valence-corrected chi connectivity index (χ4v) is 4.28. The topological polar surface area (TPSA) is 61.3 Å². The fourth-order valence-electron chi connectivity index (χ4n) is 3.88. The van der Waals surface area contributed by atoms with Gasteiger partial charge in [-0.3, -0.25) is 4.79 Å². The average molecular weight is 392 g/mol. The van der Waals surface area contributed by atoms with Crippen LogP contribution in [0.25, 0.3) is 22.2 Å². The third kappa shape index (κ3) is 2.54. The Morgan fingerprint density at radius 1 is 1.42 bits per heavy atom. The first-order valence-corrected chi connectivity index (χ1v) is 9.21. The molecule has 0 saturated heterocycles. The summed E-state index contributed by atoms with van der Waals surface area (Å²) in [6.07, 6.45) is 2.66. The van der Waals surface area contributed by atoms with Crippen molar-refractivity contribution in [2.75, 3.05) is 6.61 Å². The number of amides is 1. The second-order valence-corrected chi connectivity index (χ2v) is 7.57. The van der Waals surface area contributed by atoms with Crippen molar-refractivity contribution in [3.05, 3.63) is 45.7 Å². The van der Waals surface area contributed by atoms with Gasteiger partial charge in [0.25, 0.3) is 0 Å². The van der Waals surface area contributed by atoms with E-state index in [1.54, 1.807) is 4.90 Å². The van der Waals surface area contributed by atoms with Crippen molar-refractivity contribution in [2.45, 2.75) is 25.9 Å². The van der Waals surface area contributed by atoms with E-state index in [2.05, 4.69) is 4.98 Å². The molecule has 3 aromatic rings. The Morgan fingerprint density at radius 3 is 2.85 bits per heavy atom. The number of aromatic nitrogens is 2. The zero-order valence-electron chi connectivity index (χ0n) is 14.5. The third-order valence-electron chi connectivity index (χ3n) is 5.20. The van der Waals surface area contributed by atoms with Crippen LogP contribution in [0.2, 0.25) is 10.0 Å². The van der Waals surface area contributed by atoms with E-state index < -0.39 is 6.61 Å². The molecular formula is C19H19Cl2N3O2.